The molecule has 1 N–H and O–H groups in total. The lowest BCUT2D eigenvalue weighted by Gasteiger charge is -2.28. The van der Waals surface area contributed by atoms with Gasteiger partial charge >= 0.3 is 0 Å². The second-order valence-corrected chi connectivity index (χ2v) is 8.00. The summed E-state index contributed by atoms with van der Waals surface area (Å²) >= 11 is 0. The maximum Gasteiger partial charge on any atom is 0.262 e. The molecule has 0 saturated heterocycles. The highest BCUT2D eigenvalue weighted by molar-refractivity contribution is 5.92. The molecular formula is C25H24N2O6. The summed E-state index contributed by atoms with van der Waals surface area (Å²) in [7, 11) is 0. The fourth-order valence-corrected chi connectivity index (χ4v) is 4.00. The Morgan fingerprint density at radius 3 is 2.70 bits per heavy atom. The molecule has 5 rings (SSSR count). The van der Waals surface area contributed by atoms with Gasteiger partial charge in [-0.1, -0.05) is 24.3 Å². The number of nitrogens with zero attached hydrogens (tertiary/aromatic N) is 1. The predicted octanol–water partition coefficient (Wildman–Crippen LogP) is 2.99. The van der Waals surface area contributed by atoms with E-state index in [0.717, 1.165) is 19.5 Å². The van der Waals surface area contributed by atoms with Gasteiger partial charge < -0.3 is 23.9 Å². The van der Waals surface area contributed by atoms with E-state index in [4.69, 9.17) is 18.6 Å². The quantitative estimate of drug-likeness (QED) is 0.620. The number of ether oxygens (including phenoxy) is 3. The third-order valence-corrected chi connectivity index (χ3v) is 5.63. The van der Waals surface area contributed by atoms with Gasteiger partial charge in [0.25, 0.3) is 5.91 Å². The Kier molecular flexibility index (Phi) is 5.99. The van der Waals surface area contributed by atoms with Crippen LogP contribution in [0.3, 0.4) is 0 Å². The summed E-state index contributed by atoms with van der Waals surface area (Å²) < 4.78 is 22.0. The number of carbonyl (C=O) groups is 1. The van der Waals surface area contributed by atoms with E-state index in [2.05, 4.69) is 28.4 Å². The molecule has 0 fully saturated rings. The van der Waals surface area contributed by atoms with Crippen molar-refractivity contribution in [1.82, 2.24) is 4.90 Å². The number of fused-ring (bicyclic) bond motifs is 2. The molecule has 0 unspecified atom stereocenters. The zero-order chi connectivity index (χ0) is 22.6. The van der Waals surface area contributed by atoms with Crippen molar-refractivity contribution in [3.05, 3.63) is 81.9 Å². The number of carbonyl (C=O) groups excluding carboxylic acids is 1. The van der Waals surface area contributed by atoms with E-state index in [1.807, 2.05) is 6.07 Å². The topological polar surface area (TPSA) is 90.2 Å². The number of benzene rings is 2. The lowest BCUT2D eigenvalue weighted by molar-refractivity contribution is -0.118. The standard InChI is InChI=1S/C25H24N2O6/c28-21-12-20(14-27-8-7-17-3-1-2-4-18(17)13-27)32-15-24(21)33-16-25(29)26-19-5-6-22-23(11-19)31-10-9-30-22/h1-6,11-12,15H,7-10,13-14,16H2,(H,26,29). The molecule has 170 valence electrons. The zero-order valence-corrected chi connectivity index (χ0v) is 18.0. The number of amides is 1. The van der Waals surface area contributed by atoms with Crippen molar-refractivity contribution in [3.8, 4) is 17.2 Å². The smallest absolute Gasteiger partial charge is 0.262 e. The van der Waals surface area contributed by atoms with Gasteiger partial charge in [-0.2, -0.15) is 0 Å². The minimum absolute atomic E-state index is 0.0000593. The lowest BCUT2D eigenvalue weighted by Crippen LogP contribution is -2.30. The molecule has 1 amide bonds. The first-order chi connectivity index (χ1) is 16.1. The van der Waals surface area contributed by atoms with Gasteiger partial charge in [-0.15, -0.1) is 0 Å². The van der Waals surface area contributed by atoms with Crippen LogP contribution in [-0.4, -0.2) is 37.2 Å². The molecule has 0 radical (unpaired) electrons. The van der Waals surface area contributed by atoms with E-state index in [0.29, 0.717) is 42.7 Å². The molecular weight excluding hydrogens is 424 g/mol. The minimum Gasteiger partial charge on any atom is -0.486 e. The van der Waals surface area contributed by atoms with Crippen LogP contribution in [0.5, 0.6) is 17.2 Å². The Hall–Kier alpha value is -3.78. The lowest BCUT2D eigenvalue weighted by atomic mass is 10.00. The zero-order valence-electron chi connectivity index (χ0n) is 18.0. The summed E-state index contributed by atoms with van der Waals surface area (Å²) in [6.07, 6.45) is 2.24. The molecule has 2 aliphatic rings. The molecule has 0 atom stereocenters. The van der Waals surface area contributed by atoms with Crippen molar-refractivity contribution in [1.29, 1.82) is 0 Å². The molecule has 8 heteroatoms. The molecule has 2 aromatic carbocycles. The van der Waals surface area contributed by atoms with Gasteiger partial charge in [-0.05, 0) is 29.7 Å². The molecule has 8 nitrogen and oxygen atoms in total. The maximum absolute atomic E-state index is 12.4. The first-order valence-corrected chi connectivity index (χ1v) is 10.9. The fourth-order valence-electron chi connectivity index (χ4n) is 4.00. The van der Waals surface area contributed by atoms with Gasteiger partial charge in [0.15, 0.2) is 18.1 Å². The van der Waals surface area contributed by atoms with Crippen LogP contribution in [0.2, 0.25) is 0 Å². The Morgan fingerprint density at radius 1 is 1.03 bits per heavy atom. The summed E-state index contributed by atoms with van der Waals surface area (Å²) in [5, 5.41) is 2.72. The summed E-state index contributed by atoms with van der Waals surface area (Å²) in [5.74, 6) is 1.38. The van der Waals surface area contributed by atoms with Crippen LogP contribution in [0, 0.1) is 0 Å². The number of hydrogen-bond donors (Lipinski definition) is 1. The average molecular weight is 448 g/mol. The summed E-state index contributed by atoms with van der Waals surface area (Å²) in [4.78, 5) is 26.9. The summed E-state index contributed by atoms with van der Waals surface area (Å²) in [5.41, 5.74) is 2.91. The van der Waals surface area contributed by atoms with Gasteiger partial charge in [0, 0.05) is 30.9 Å². The minimum atomic E-state index is -0.401. The molecule has 2 aliphatic heterocycles. The number of rotatable bonds is 6. The number of hydrogen-bond acceptors (Lipinski definition) is 7. The van der Waals surface area contributed by atoms with Crippen LogP contribution in [0.4, 0.5) is 5.69 Å². The van der Waals surface area contributed by atoms with E-state index in [1.54, 1.807) is 18.2 Å². The van der Waals surface area contributed by atoms with E-state index >= 15 is 0 Å². The monoisotopic (exact) mass is 448 g/mol. The first kappa shape index (κ1) is 21.1. The van der Waals surface area contributed by atoms with E-state index < -0.39 is 5.91 Å². The molecule has 0 spiro atoms. The molecule has 1 aromatic heterocycles. The van der Waals surface area contributed by atoms with Crippen LogP contribution in [0.15, 0.2) is 64.0 Å². The van der Waals surface area contributed by atoms with Gasteiger partial charge in [-0.3, -0.25) is 14.5 Å². The third-order valence-electron chi connectivity index (χ3n) is 5.63. The van der Waals surface area contributed by atoms with E-state index in [1.165, 1.54) is 23.5 Å². The van der Waals surface area contributed by atoms with Gasteiger partial charge in [-0.25, -0.2) is 0 Å². The Labute approximate surface area is 190 Å². The normalized spacial score (nSPS) is 14.9. The molecule has 0 aliphatic carbocycles. The Balaban J connectivity index is 1.15. The molecule has 0 bridgehead atoms. The van der Waals surface area contributed by atoms with Crippen LogP contribution >= 0.6 is 0 Å². The van der Waals surface area contributed by atoms with Crippen molar-refractivity contribution in [2.75, 3.05) is 31.7 Å². The summed E-state index contributed by atoms with van der Waals surface area (Å²) in [6, 6.07) is 14.9. The second-order valence-electron chi connectivity index (χ2n) is 8.00. The van der Waals surface area contributed by atoms with Crippen LogP contribution < -0.4 is 25.0 Å². The fraction of sp³-hybridized carbons (Fsp3) is 0.280. The van der Waals surface area contributed by atoms with Crippen LogP contribution in [0.25, 0.3) is 0 Å². The highest BCUT2D eigenvalue weighted by Gasteiger charge is 2.18. The van der Waals surface area contributed by atoms with Gasteiger partial charge in [0.2, 0.25) is 11.2 Å². The third kappa shape index (κ3) is 5.01. The van der Waals surface area contributed by atoms with Gasteiger partial charge in [0.05, 0.1) is 6.54 Å². The molecule has 3 aromatic rings. The Bertz CT molecular complexity index is 1220. The molecule has 3 heterocycles. The van der Waals surface area contributed by atoms with Crippen LogP contribution in [-0.2, 0) is 24.3 Å². The number of nitrogens with one attached hydrogen (secondary N) is 1. The molecule has 33 heavy (non-hydrogen) atoms. The van der Waals surface area contributed by atoms with Crippen molar-refractivity contribution < 1.29 is 23.4 Å². The van der Waals surface area contributed by atoms with Crippen molar-refractivity contribution in [2.24, 2.45) is 0 Å². The van der Waals surface area contributed by atoms with E-state index in [9.17, 15) is 9.59 Å². The first-order valence-electron chi connectivity index (χ1n) is 10.9. The maximum atomic E-state index is 12.4. The predicted molar refractivity (Wildman–Crippen MR) is 121 cm³/mol. The van der Waals surface area contributed by atoms with Crippen molar-refractivity contribution in [3.63, 3.8) is 0 Å². The van der Waals surface area contributed by atoms with Crippen LogP contribution in [0.1, 0.15) is 16.9 Å². The largest absolute Gasteiger partial charge is 0.486 e. The van der Waals surface area contributed by atoms with Crippen molar-refractivity contribution >= 4 is 11.6 Å². The Morgan fingerprint density at radius 2 is 1.85 bits per heavy atom. The van der Waals surface area contributed by atoms with Crippen molar-refractivity contribution in [2.45, 2.75) is 19.5 Å². The SMILES string of the molecule is O=C(COc1coc(CN2CCc3ccccc3C2)cc1=O)Nc1ccc2c(c1)OCCO2. The summed E-state index contributed by atoms with van der Waals surface area (Å²) in [6.45, 7) is 2.90. The highest BCUT2D eigenvalue weighted by Crippen LogP contribution is 2.32. The average Bonchev–Trinajstić information content (AvgIpc) is 2.83. The molecule has 0 saturated carbocycles. The second kappa shape index (κ2) is 9.38. The number of anilines is 1. The van der Waals surface area contributed by atoms with Gasteiger partial charge in [0.1, 0.15) is 25.2 Å². The van der Waals surface area contributed by atoms with E-state index in [-0.39, 0.29) is 17.8 Å². The highest BCUT2D eigenvalue weighted by atomic mass is 16.6.